The fourth-order valence-corrected chi connectivity index (χ4v) is 9.60. The van der Waals surface area contributed by atoms with Crippen LogP contribution in [0.5, 0.6) is 0 Å². The van der Waals surface area contributed by atoms with E-state index in [0.29, 0.717) is 30.1 Å². The molecule has 5 rings (SSSR count). The number of carbonyl (C=O) groups is 3. The summed E-state index contributed by atoms with van der Waals surface area (Å²) in [6.45, 7) is 0.538. The fraction of sp³-hybridized carbons (Fsp3) is 0.423. The van der Waals surface area contributed by atoms with Gasteiger partial charge in [0.25, 0.3) is 0 Å². The Labute approximate surface area is 227 Å². The first-order valence-electron chi connectivity index (χ1n) is 12.0. The predicted octanol–water partition coefficient (Wildman–Crippen LogP) is 3.44. The number of likely N-dealkylation sites (tertiary alicyclic amines) is 1. The molecular formula is C26H27BrClN3O4S. The van der Waals surface area contributed by atoms with Crippen molar-refractivity contribution in [3.05, 3.63) is 65.2 Å². The Morgan fingerprint density at radius 3 is 2.56 bits per heavy atom. The minimum Gasteiger partial charge on any atom is -0.396 e. The normalized spacial score (nSPS) is 30.4. The minimum atomic E-state index is -0.751. The van der Waals surface area contributed by atoms with Crippen LogP contribution < -0.4 is 10.6 Å². The molecule has 3 aliphatic heterocycles. The van der Waals surface area contributed by atoms with E-state index in [-0.39, 0.29) is 41.0 Å². The standard InChI is InChI=1S/C26H27BrClN3O4S/c27-18-13-26-20(19(21(18)36-26)23(33)29-14-15-5-2-1-3-6-15)25(35)31(11-4-12-32)22(26)24(34)30-17-9-7-16(28)8-10-17/h1-3,5-10,18-22,32H,4,11-14H2,(H,29,33)(H,30,34)/t18?,19-,20+,21-,22?,26?/m1/s1. The zero-order valence-corrected chi connectivity index (χ0v) is 22.6. The van der Waals surface area contributed by atoms with Crippen molar-refractivity contribution < 1.29 is 19.5 Å². The van der Waals surface area contributed by atoms with Crippen LogP contribution in [-0.2, 0) is 20.9 Å². The van der Waals surface area contributed by atoms with Gasteiger partial charge in [0.15, 0.2) is 0 Å². The van der Waals surface area contributed by atoms with Gasteiger partial charge < -0.3 is 20.6 Å². The monoisotopic (exact) mass is 591 g/mol. The number of anilines is 1. The predicted molar refractivity (Wildman–Crippen MR) is 144 cm³/mol. The number of nitrogens with zero attached hydrogens (tertiary/aromatic N) is 1. The van der Waals surface area contributed by atoms with Gasteiger partial charge in [0.05, 0.1) is 16.6 Å². The van der Waals surface area contributed by atoms with Gasteiger partial charge in [-0.3, -0.25) is 14.4 Å². The van der Waals surface area contributed by atoms with Crippen LogP contribution in [0.2, 0.25) is 5.02 Å². The van der Waals surface area contributed by atoms with E-state index >= 15 is 0 Å². The molecule has 2 aromatic rings. The molecule has 0 aromatic heterocycles. The average molecular weight is 593 g/mol. The molecule has 10 heteroatoms. The van der Waals surface area contributed by atoms with Crippen molar-refractivity contribution in [2.45, 2.75) is 40.3 Å². The number of amides is 3. The molecule has 2 bridgehead atoms. The second-order valence-corrected chi connectivity index (χ2v) is 12.6. The largest absolute Gasteiger partial charge is 0.396 e. The fourth-order valence-electron chi connectivity index (χ4n) is 5.86. The molecule has 0 aliphatic carbocycles. The van der Waals surface area contributed by atoms with Gasteiger partial charge in [0, 0.05) is 40.5 Å². The van der Waals surface area contributed by atoms with Crippen molar-refractivity contribution in [3.8, 4) is 0 Å². The first kappa shape index (κ1) is 25.6. The highest BCUT2D eigenvalue weighted by Crippen LogP contribution is 2.67. The van der Waals surface area contributed by atoms with E-state index in [2.05, 4.69) is 26.6 Å². The van der Waals surface area contributed by atoms with Crippen molar-refractivity contribution >= 4 is 62.7 Å². The molecular weight excluding hydrogens is 566 g/mol. The molecule has 1 spiro atoms. The zero-order chi connectivity index (χ0) is 25.4. The van der Waals surface area contributed by atoms with E-state index in [4.69, 9.17) is 11.6 Å². The van der Waals surface area contributed by atoms with Gasteiger partial charge in [-0.1, -0.05) is 57.9 Å². The number of alkyl halides is 1. The number of rotatable bonds is 8. The molecule has 6 atom stereocenters. The number of aliphatic hydroxyl groups is 1. The zero-order valence-electron chi connectivity index (χ0n) is 19.4. The highest BCUT2D eigenvalue weighted by atomic mass is 79.9. The lowest BCUT2D eigenvalue weighted by molar-refractivity contribution is -0.139. The maximum absolute atomic E-state index is 13.8. The third-order valence-corrected chi connectivity index (χ3v) is 10.8. The minimum absolute atomic E-state index is 0.00245. The van der Waals surface area contributed by atoms with Crippen molar-refractivity contribution in [1.29, 1.82) is 0 Å². The average Bonchev–Trinajstić information content (AvgIpc) is 3.46. The first-order chi connectivity index (χ1) is 17.4. The molecule has 3 heterocycles. The Kier molecular flexibility index (Phi) is 7.36. The molecule has 3 amide bonds. The lowest BCUT2D eigenvalue weighted by Gasteiger charge is -2.35. The Hall–Kier alpha value is -2.07. The third kappa shape index (κ3) is 4.44. The van der Waals surface area contributed by atoms with Gasteiger partial charge in [-0.05, 0) is 42.7 Å². The summed E-state index contributed by atoms with van der Waals surface area (Å²) in [4.78, 5) is 42.6. The highest BCUT2D eigenvalue weighted by Gasteiger charge is 2.75. The number of carbonyl (C=O) groups excluding carboxylic acids is 3. The van der Waals surface area contributed by atoms with Gasteiger partial charge in [-0.15, -0.1) is 11.8 Å². The molecule has 36 heavy (non-hydrogen) atoms. The van der Waals surface area contributed by atoms with E-state index in [1.54, 1.807) is 40.9 Å². The van der Waals surface area contributed by atoms with Crippen LogP contribution in [0.4, 0.5) is 5.69 Å². The number of thioether (sulfide) groups is 1. The Balaban J connectivity index is 1.43. The second-order valence-electron chi connectivity index (χ2n) is 9.47. The number of hydrogen-bond donors (Lipinski definition) is 3. The van der Waals surface area contributed by atoms with Crippen LogP contribution in [0.3, 0.4) is 0 Å². The highest BCUT2D eigenvalue weighted by molar-refractivity contribution is 9.09. The lowest BCUT2D eigenvalue weighted by atomic mass is 9.70. The summed E-state index contributed by atoms with van der Waals surface area (Å²) in [6.07, 6.45) is 0.964. The van der Waals surface area contributed by atoms with Crippen LogP contribution in [-0.4, -0.2) is 61.7 Å². The summed E-state index contributed by atoms with van der Waals surface area (Å²) >= 11 is 11.3. The molecule has 7 nitrogen and oxygen atoms in total. The molecule has 3 saturated heterocycles. The lowest BCUT2D eigenvalue weighted by Crippen LogP contribution is -2.53. The summed E-state index contributed by atoms with van der Waals surface area (Å²) < 4.78 is -0.726. The SMILES string of the molecule is O=C(Nc1ccc(Cl)cc1)C1N(CCCO)C(=O)[C@@H]2[C@@H](C(=O)NCc3ccccc3)[C@@H]3SC12CC3Br. The molecule has 190 valence electrons. The topological polar surface area (TPSA) is 98.7 Å². The molecule has 2 aromatic carbocycles. The number of hydrogen-bond acceptors (Lipinski definition) is 5. The van der Waals surface area contributed by atoms with E-state index in [9.17, 15) is 19.5 Å². The van der Waals surface area contributed by atoms with Gasteiger partial charge in [0.1, 0.15) is 6.04 Å². The second kappa shape index (κ2) is 10.4. The van der Waals surface area contributed by atoms with Crippen molar-refractivity contribution in [3.63, 3.8) is 0 Å². The smallest absolute Gasteiger partial charge is 0.248 e. The maximum atomic E-state index is 13.8. The van der Waals surface area contributed by atoms with Crippen molar-refractivity contribution in [1.82, 2.24) is 10.2 Å². The first-order valence-corrected chi connectivity index (χ1v) is 14.1. The van der Waals surface area contributed by atoms with Gasteiger partial charge in [-0.2, -0.15) is 0 Å². The van der Waals surface area contributed by atoms with Gasteiger partial charge in [-0.25, -0.2) is 0 Å². The van der Waals surface area contributed by atoms with E-state index in [0.717, 1.165) is 5.56 Å². The third-order valence-electron chi connectivity index (χ3n) is 7.32. The Morgan fingerprint density at radius 2 is 1.86 bits per heavy atom. The van der Waals surface area contributed by atoms with E-state index in [1.807, 2.05) is 30.3 Å². The molecule has 3 fully saturated rings. The molecule has 0 saturated carbocycles. The van der Waals surface area contributed by atoms with E-state index in [1.165, 1.54) is 0 Å². The summed E-state index contributed by atoms with van der Waals surface area (Å²) in [5, 5.41) is 15.9. The molecule has 3 N–H and O–H groups in total. The number of halogens is 2. The Bertz CT molecular complexity index is 1150. The summed E-state index contributed by atoms with van der Waals surface area (Å²) in [6, 6.07) is 15.7. The van der Waals surface area contributed by atoms with Gasteiger partial charge >= 0.3 is 0 Å². The summed E-state index contributed by atoms with van der Waals surface area (Å²) in [5.41, 5.74) is 1.57. The number of benzene rings is 2. The molecule has 3 unspecified atom stereocenters. The molecule has 0 radical (unpaired) electrons. The molecule has 3 aliphatic rings. The Morgan fingerprint density at radius 1 is 1.14 bits per heavy atom. The van der Waals surface area contributed by atoms with Crippen molar-refractivity contribution in [2.75, 3.05) is 18.5 Å². The van der Waals surface area contributed by atoms with Crippen LogP contribution in [0.15, 0.2) is 54.6 Å². The number of nitrogens with one attached hydrogen (secondary N) is 2. The van der Waals surface area contributed by atoms with Crippen LogP contribution in [0.25, 0.3) is 0 Å². The maximum Gasteiger partial charge on any atom is 0.248 e. The van der Waals surface area contributed by atoms with Crippen LogP contribution >= 0.6 is 39.3 Å². The van der Waals surface area contributed by atoms with Crippen LogP contribution in [0.1, 0.15) is 18.4 Å². The van der Waals surface area contributed by atoms with Crippen LogP contribution in [0, 0.1) is 11.8 Å². The van der Waals surface area contributed by atoms with Gasteiger partial charge in [0.2, 0.25) is 17.7 Å². The number of fused-ring (bicyclic) bond motifs is 1. The van der Waals surface area contributed by atoms with Crippen molar-refractivity contribution in [2.24, 2.45) is 11.8 Å². The summed E-state index contributed by atoms with van der Waals surface area (Å²) in [5.74, 6) is -1.79. The summed E-state index contributed by atoms with van der Waals surface area (Å²) in [7, 11) is 0. The quantitative estimate of drug-likeness (QED) is 0.408. The van der Waals surface area contributed by atoms with E-state index < -0.39 is 22.6 Å². The number of aliphatic hydroxyl groups excluding tert-OH is 1.